The van der Waals surface area contributed by atoms with Gasteiger partial charge in [0, 0.05) is 37.6 Å². The lowest BCUT2D eigenvalue weighted by Gasteiger charge is -2.34. The molecule has 2 atom stereocenters. The molecule has 1 aromatic heterocycles. The fourth-order valence-corrected chi connectivity index (χ4v) is 6.02. The molecular formula is C20H26N4O3S3. The first kappa shape index (κ1) is 22.0. The maximum Gasteiger partial charge on any atom is 0.242 e. The molecule has 0 unspecified atom stereocenters. The van der Waals surface area contributed by atoms with Gasteiger partial charge in [-0.1, -0.05) is 35.7 Å². The molecular weight excluding hydrogens is 440 g/mol. The monoisotopic (exact) mass is 466 g/mol. The SMILES string of the molecule is Cc1cnc(SC[C@@H]2CCCO2)nc1[C@H]1CCCN(C(=O)CN2C(=O)CSC2=S)C1. The molecule has 0 saturated carbocycles. The van der Waals surface area contributed by atoms with Crippen molar-refractivity contribution >= 4 is 51.9 Å². The number of aryl methyl sites for hydroxylation is 1. The number of piperidine rings is 1. The van der Waals surface area contributed by atoms with Crippen molar-refractivity contribution in [2.45, 2.75) is 49.8 Å². The number of nitrogens with zero attached hydrogens (tertiary/aromatic N) is 4. The third-order valence-corrected chi connectivity index (χ3v) is 8.13. The van der Waals surface area contributed by atoms with Gasteiger partial charge in [-0.3, -0.25) is 14.5 Å². The average Bonchev–Trinajstić information content (AvgIpc) is 3.38. The number of amides is 2. The summed E-state index contributed by atoms with van der Waals surface area (Å²) in [5.74, 6) is 1.27. The predicted octanol–water partition coefficient (Wildman–Crippen LogP) is 2.62. The summed E-state index contributed by atoms with van der Waals surface area (Å²) in [5.41, 5.74) is 2.09. The summed E-state index contributed by atoms with van der Waals surface area (Å²) in [6.45, 7) is 4.26. The van der Waals surface area contributed by atoms with E-state index in [0.29, 0.717) is 29.3 Å². The molecule has 162 valence electrons. The Balaban J connectivity index is 1.39. The molecule has 30 heavy (non-hydrogen) atoms. The standard InChI is InChI=1S/C20H26N4O3S3/c1-13-8-21-19(29-11-15-5-3-7-27-15)22-18(13)14-4-2-6-23(9-14)16(25)10-24-17(26)12-30-20(24)28/h8,14-15H,2-7,9-12H2,1H3/t14-,15-/m0/s1. The van der Waals surface area contributed by atoms with Gasteiger partial charge in [0.25, 0.3) is 0 Å². The Kier molecular flexibility index (Phi) is 7.28. The summed E-state index contributed by atoms with van der Waals surface area (Å²) in [7, 11) is 0. The summed E-state index contributed by atoms with van der Waals surface area (Å²) < 4.78 is 6.20. The van der Waals surface area contributed by atoms with Crippen molar-refractivity contribution in [1.82, 2.24) is 19.8 Å². The molecule has 1 aromatic rings. The van der Waals surface area contributed by atoms with Crippen LogP contribution in [0.15, 0.2) is 11.4 Å². The fraction of sp³-hybridized carbons (Fsp3) is 0.650. The molecule has 0 N–H and O–H groups in total. The average molecular weight is 467 g/mol. The second-order valence-corrected chi connectivity index (χ2v) is 10.5. The summed E-state index contributed by atoms with van der Waals surface area (Å²) in [5, 5.41) is 0.777. The molecule has 3 aliphatic rings. The van der Waals surface area contributed by atoms with Crippen LogP contribution in [-0.2, 0) is 14.3 Å². The number of carbonyl (C=O) groups excluding carboxylic acids is 2. The molecule has 10 heteroatoms. The highest BCUT2D eigenvalue weighted by Crippen LogP contribution is 2.30. The molecule has 0 radical (unpaired) electrons. The highest BCUT2D eigenvalue weighted by Gasteiger charge is 2.32. The van der Waals surface area contributed by atoms with Crippen molar-refractivity contribution in [2.75, 3.05) is 37.7 Å². The first-order valence-corrected chi connectivity index (χ1v) is 12.7. The van der Waals surface area contributed by atoms with Crippen molar-refractivity contribution in [2.24, 2.45) is 0 Å². The van der Waals surface area contributed by atoms with Crippen LogP contribution in [0.5, 0.6) is 0 Å². The topological polar surface area (TPSA) is 75.6 Å². The zero-order chi connectivity index (χ0) is 21.1. The minimum atomic E-state index is -0.0773. The van der Waals surface area contributed by atoms with Gasteiger partial charge in [-0.25, -0.2) is 9.97 Å². The van der Waals surface area contributed by atoms with Gasteiger partial charge in [0.05, 0.1) is 17.6 Å². The van der Waals surface area contributed by atoms with Gasteiger partial charge >= 0.3 is 0 Å². The number of hydrogen-bond acceptors (Lipinski definition) is 8. The quantitative estimate of drug-likeness (QED) is 0.360. The predicted molar refractivity (Wildman–Crippen MR) is 122 cm³/mol. The van der Waals surface area contributed by atoms with E-state index in [4.69, 9.17) is 21.9 Å². The largest absolute Gasteiger partial charge is 0.377 e. The van der Waals surface area contributed by atoms with E-state index >= 15 is 0 Å². The van der Waals surface area contributed by atoms with E-state index in [9.17, 15) is 9.59 Å². The van der Waals surface area contributed by atoms with Gasteiger partial charge in [-0.05, 0) is 38.2 Å². The number of rotatable bonds is 6. The molecule has 0 aliphatic carbocycles. The van der Waals surface area contributed by atoms with Crippen LogP contribution in [0.4, 0.5) is 0 Å². The van der Waals surface area contributed by atoms with E-state index < -0.39 is 0 Å². The zero-order valence-corrected chi connectivity index (χ0v) is 19.5. The molecule has 3 aliphatic heterocycles. The maximum absolute atomic E-state index is 12.8. The van der Waals surface area contributed by atoms with Crippen molar-refractivity contribution in [1.29, 1.82) is 0 Å². The van der Waals surface area contributed by atoms with Crippen LogP contribution in [0, 0.1) is 6.92 Å². The van der Waals surface area contributed by atoms with E-state index in [0.717, 1.165) is 54.5 Å². The Bertz CT molecular complexity index is 816. The molecule has 0 bridgehead atoms. The summed E-state index contributed by atoms with van der Waals surface area (Å²) >= 11 is 8.17. The molecule has 0 aromatic carbocycles. The summed E-state index contributed by atoms with van der Waals surface area (Å²) in [6, 6.07) is 0. The molecule has 3 saturated heterocycles. The number of ether oxygens (including phenoxy) is 1. The second kappa shape index (κ2) is 9.93. The molecule has 0 spiro atoms. The maximum atomic E-state index is 12.8. The fourth-order valence-electron chi connectivity index (χ4n) is 4.06. The van der Waals surface area contributed by atoms with Crippen LogP contribution < -0.4 is 0 Å². The number of hydrogen-bond donors (Lipinski definition) is 0. The Morgan fingerprint density at radius 2 is 2.27 bits per heavy atom. The minimum Gasteiger partial charge on any atom is -0.377 e. The van der Waals surface area contributed by atoms with Crippen LogP contribution in [0.3, 0.4) is 0 Å². The van der Waals surface area contributed by atoms with E-state index in [1.54, 1.807) is 11.8 Å². The first-order chi connectivity index (χ1) is 14.5. The third kappa shape index (κ3) is 5.15. The molecule has 4 heterocycles. The van der Waals surface area contributed by atoms with Crippen molar-refractivity contribution in [3.05, 3.63) is 17.5 Å². The Morgan fingerprint density at radius 3 is 3.00 bits per heavy atom. The second-order valence-electron chi connectivity index (χ2n) is 7.88. The van der Waals surface area contributed by atoms with E-state index in [1.807, 2.05) is 18.0 Å². The van der Waals surface area contributed by atoms with Gasteiger partial charge in [0.2, 0.25) is 11.8 Å². The molecule has 2 amide bonds. The van der Waals surface area contributed by atoms with Crippen molar-refractivity contribution < 1.29 is 14.3 Å². The van der Waals surface area contributed by atoms with Crippen LogP contribution in [0.1, 0.15) is 42.9 Å². The number of thioether (sulfide) groups is 2. The van der Waals surface area contributed by atoms with E-state index in [1.165, 1.54) is 16.7 Å². The number of thiocarbonyl (C=S) groups is 1. The van der Waals surface area contributed by atoms with Crippen LogP contribution in [-0.4, -0.2) is 79.8 Å². The highest BCUT2D eigenvalue weighted by atomic mass is 32.2. The highest BCUT2D eigenvalue weighted by molar-refractivity contribution is 8.23. The van der Waals surface area contributed by atoms with Crippen LogP contribution in [0.25, 0.3) is 0 Å². The Labute approximate surface area is 190 Å². The minimum absolute atomic E-state index is 0.0439. The third-order valence-electron chi connectivity index (χ3n) is 5.71. The van der Waals surface area contributed by atoms with Gasteiger partial charge in [0.1, 0.15) is 10.9 Å². The Morgan fingerprint density at radius 1 is 1.40 bits per heavy atom. The lowest BCUT2D eigenvalue weighted by molar-refractivity contribution is -0.136. The summed E-state index contributed by atoms with van der Waals surface area (Å²) in [4.78, 5) is 37.4. The van der Waals surface area contributed by atoms with Crippen molar-refractivity contribution in [3.8, 4) is 0 Å². The van der Waals surface area contributed by atoms with Gasteiger partial charge in [-0.2, -0.15) is 0 Å². The van der Waals surface area contributed by atoms with E-state index in [-0.39, 0.29) is 24.3 Å². The molecule has 3 fully saturated rings. The Hall–Kier alpha value is -1.23. The van der Waals surface area contributed by atoms with Gasteiger partial charge < -0.3 is 9.64 Å². The van der Waals surface area contributed by atoms with Crippen LogP contribution in [0.2, 0.25) is 0 Å². The van der Waals surface area contributed by atoms with Crippen LogP contribution >= 0.6 is 35.7 Å². The lowest BCUT2D eigenvalue weighted by Crippen LogP contribution is -2.46. The normalized spacial score (nSPS) is 24.7. The molecule has 4 rings (SSSR count). The van der Waals surface area contributed by atoms with Gasteiger partial charge in [-0.15, -0.1) is 0 Å². The first-order valence-electron chi connectivity index (χ1n) is 10.3. The number of carbonyl (C=O) groups is 2. The molecule has 7 nitrogen and oxygen atoms in total. The smallest absolute Gasteiger partial charge is 0.242 e. The van der Waals surface area contributed by atoms with Crippen molar-refractivity contribution in [3.63, 3.8) is 0 Å². The zero-order valence-electron chi connectivity index (χ0n) is 17.0. The number of likely N-dealkylation sites (tertiary alicyclic amines) is 1. The lowest BCUT2D eigenvalue weighted by atomic mass is 9.92. The van der Waals surface area contributed by atoms with Gasteiger partial charge in [0.15, 0.2) is 5.16 Å². The number of aromatic nitrogens is 2. The van der Waals surface area contributed by atoms with E-state index in [2.05, 4.69) is 4.98 Å². The summed E-state index contributed by atoms with van der Waals surface area (Å²) in [6.07, 6.45) is 6.33.